The molecule has 0 aromatic heterocycles. The summed E-state index contributed by atoms with van der Waals surface area (Å²) in [7, 11) is -4.30. The van der Waals surface area contributed by atoms with Crippen LogP contribution in [0.3, 0.4) is 0 Å². The van der Waals surface area contributed by atoms with Crippen molar-refractivity contribution < 1.29 is 32.8 Å². The SMILES string of the molecule is CC/C=C\C/C=C\C/C=C\C/C=C\C/C=C\C/C=C\CCC(=O)OC(COCCCCCCCC/C=C\CCCCCCCCC)COP(=O)(O)OCCN. The highest BCUT2D eigenvalue weighted by Crippen LogP contribution is 2.43. The van der Waals surface area contributed by atoms with Gasteiger partial charge < -0.3 is 20.1 Å². The molecule has 3 N–H and O–H groups in total. The molecule has 0 saturated heterocycles. The van der Waals surface area contributed by atoms with Crippen LogP contribution >= 0.6 is 7.82 Å². The Hall–Kier alpha value is -2.32. The molecule has 0 radical (unpaired) electrons. The van der Waals surface area contributed by atoms with Gasteiger partial charge in [-0.05, 0) is 77.0 Å². The molecule has 0 aromatic carbocycles. The highest BCUT2D eigenvalue weighted by molar-refractivity contribution is 7.47. The lowest BCUT2D eigenvalue weighted by Gasteiger charge is -2.19. The van der Waals surface area contributed by atoms with Gasteiger partial charge >= 0.3 is 13.8 Å². The minimum absolute atomic E-state index is 0.0771. The van der Waals surface area contributed by atoms with E-state index < -0.39 is 19.9 Å². The van der Waals surface area contributed by atoms with E-state index in [2.05, 4.69) is 86.8 Å². The van der Waals surface area contributed by atoms with Crippen LogP contribution in [0.2, 0.25) is 0 Å². The highest BCUT2D eigenvalue weighted by Gasteiger charge is 2.25. The van der Waals surface area contributed by atoms with Crippen molar-refractivity contribution in [2.75, 3.05) is 33.0 Å². The molecule has 2 unspecified atom stereocenters. The fourth-order valence-corrected chi connectivity index (χ4v) is 6.19. The van der Waals surface area contributed by atoms with Gasteiger partial charge in [0.2, 0.25) is 0 Å². The zero-order valence-corrected chi connectivity index (χ0v) is 35.8. The zero-order valence-electron chi connectivity index (χ0n) is 34.9. The van der Waals surface area contributed by atoms with E-state index in [1.807, 2.05) is 12.2 Å². The molecule has 0 aliphatic heterocycles. The summed E-state index contributed by atoms with van der Waals surface area (Å²) in [6, 6.07) is 0. The molecule has 0 saturated carbocycles. The van der Waals surface area contributed by atoms with Crippen molar-refractivity contribution in [3.8, 4) is 0 Å². The Kier molecular flexibility index (Phi) is 41.0. The molecule has 0 fully saturated rings. The van der Waals surface area contributed by atoms with Crippen LogP contribution in [0.1, 0.15) is 162 Å². The summed E-state index contributed by atoms with van der Waals surface area (Å²) in [5.74, 6) is -0.417. The van der Waals surface area contributed by atoms with Crippen molar-refractivity contribution in [3.63, 3.8) is 0 Å². The average molecular weight is 790 g/mol. The third-order valence-electron chi connectivity index (χ3n) is 8.56. The normalized spacial score (nSPS) is 14.3. The van der Waals surface area contributed by atoms with Crippen LogP contribution in [0.5, 0.6) is 0 Å². The Labute approximate surface area is 337 Å². The zero-order chi connectivity index (χ0) is 40.2. The van der Waals surface area contributed by atoms with Gasteiger partial charge in [-0.1, -0.05) is 163 Å². The largest absolute Gasteiger partial charge is 0.472 e. The van der Waals surface area contributed by atoms with Gasteiger partial charge in [-0.2, -0.15) is 0 Å². The second-order valence-corrected chi connectivity index (χ2v) is 15.3. The summed E-state index contributed by atoms with van der Waals surface area (Å²) in [4.78, 5) is 22.4. The molecule has 0 heterocycles. The van der Waals surface area contributed by atoms with Gasteiger partial charge in [0.25, 0.3) is 0 Å². The number of allylic oxidation sites excluding steroid dienone is 14. The Morgan fingerprint density at radius 1 is 0.564 bits per heavy atom. The number of carbonyl (C=O) groups is 1. The van der Waals surface area contributed by atoms with Gasteiger partial charge in [0.15, 0.2) is 0 Å². The fourth-order valence-electron chi connectivity index (χ4n) is 5.43. The van der Waals surface area contributed by atoms with Crippen molar-refractivity contribution in [2.24, 2.45) is 5.73 Å². The van der Waals surface area contributed by atoms with Crippen LogP contribution in [0.4, 0.5) is 0 Å². The van der Waals surface area contributed by atoms with E-state index >= 15 is 0 Å². The van der Waals surface area contributed by atoms with Gasteiger partial charge in [0.1, 0.15) is 6.10 Å². The molecule has 0 aromatic rings. The number of esters is 1. The lowest BCUT2D eigenvalue weighted by atomic mass is 10.1. The van der Waals surface area contributed by atoms with Crippen molar-refractivity contribution in [1.29, 1.82) is 0 Å². The molecule has 8 nitrogen and oxygen atoms in total. The molecule has 0 bridgehead atoms. The van der Waals surface area contributed by atoms with Gasteiger partial charge in [-0.15, -0.1) is 0 Å². The molecule has 0 amide bonds. The lowest BCUT2D eigenvalue weighted by molar-refractivity contribution is -0.154. The number of phosphoric acid groups is 1. The first-order chi connectivity index (χ1) is 26.9. The maximum atomic E-state index is 12.6. The number of phosphoric ester groups is 1. The second-order valence-electron chi connectivity index (χ2n) is 13.8. The van der Waals surface area contributed by atoms with E-state index in [9.17, 15) is 14.3 Å². The molecular formula is C46H80NO7P. The summed E-state index contributed by atoms with van der Waals surface area (Å²) in [5.41, 5.74) is 5.36. The van der Waals surface area contributed by atoms with E-state index in [0.29, 0.717) is 13.0 Å². The smallest absolute Gasteiger partial charge is 0.457 e. The van der Waals surface area contributed by atoms with Gasteiger partial charge in [0, 0.05) is 19.6 Å². The first kappa shape index (κ1) is 52.7. The number of rotatable bonds is 40. The van der Waals surface area contributed by atoms with E-state index in [0.717, 1.165) is 57.8 Å². The Morgan fingerprint density at radius 3 is 1.53 bits per heavy atom. The number of nitrogens with two attached hydrogens (primary N) is 1. The van der Waals surface area contributed by atoms with E-state index in [1.54, 1.807) is 0 Å². The lowest BCUT2D eigenvalue weighted by Crippen LogP contribution is -2.28. The van der Waals surface area contributed by atoms with Gasteiger partial charge in [0.05, 0.1) is 19.8 Å². The number of carbonyl (C=O) groups excluding carboxylic acids is 1. The summed E-state index contributed by atoms with van der Waals surface area (Å²) < 4.78 is 33.3. The molecule has 9 heteroatoms. The number of hydrogen-bond acceptors (Lipinski definition) is 7. The summed E-state index contributed by atoms with van der Waals surface area (Å²) in [6.45, 7) is 4.67. The third-order valence-corrected chi connectivity index (χ3v) is 9.54. The predicted octanol–water partition coefficient (Wildman–Crippen LogP) is 12.9. The van der Waals surface area contributed by atoms with Crippen LogP contribution < -0.4 is 5.73 Å². The highest BCUT2D eigenvalue weighted by atomic mass is 31.2. The number of unbranched alkanes of at least 4 members (excludes halogenated alkanes) is 13. The van der Waals surface area contributed by atoms with Crippen LogP contribution in [0, 0.1) is 0 Å². The maximum absolute atomic E-state index is 12.6. The van der Waals surface area contributed by atoms with Crippen molar-refractivity contribution >= 4 is 13.8 Å². The molecule has 0 rings (SSSR count). The Balaban J connectivity index is 4.20. The summed E-state index contributed by atoms with van der Waals surface area (Å²) in [6.07, 6.45) is 54.7. The van der Waals surface area contributed by atoms with Crippen LogP contribution in [-0.2, 0) is 27.9 Å². The average Bonchev–Trinajstić information content (AvgIpc) is 3.17. The first-order valence-electron chi connectivity index (χ1n) is 21.6. The van der Waals surface area contributed by atoms with Crippen LogP contribution in [0.25, 0.3) is 0 Å². The Bertz CT molecular complexity index is 1110. The summed E-state index contributed by atoms with van der Waals surface area (Å²) in [5, 5.41) is 0. The quantitative estimate of drug-likeness (QED) is 0.0273. The van der Waals surface area contributed by atoms with Crippen molar-refractivity contribution in [2.45, 2.75) is 168 Å². The minimum atomic E-state index is -4.30. The number of ether oxygens (including phenoxy) is 2. The second kappa shape index (κ2) is 42.8. The monoisotopic (exact) mass is 790 g/mol. The maximum Gasteiger partial charge on any atom is 0.472 e. The molecular weight excluding hydrogens is 709 g/mol. The molecule has 0 aliphatic rings. The van der Waals surface area contributed by atoms with Crippen molar-refractivity contribution in [1.82, 2.24) is 0 Å². The Morgan fingerprint density at radius 2 is 1.02 bits per heavy atom. The number of hydrogen-bond donors (Lipinski definition) is 2. The fraction of sp³-hybridized carbons (Fsp3) is 0.674. The van der Waals surface area contributed by atoms with Gasteiger partial charge in [-0.3, -0.25) is 13.8 Å². The van der Waals surface area contributed by atoms with Crippen LogP contribution in [0.15, 0.2) is 85.1 Å². The molecule has 316 valence electrons. The predicted molar refractivity (Wildman–Crippen MR) is 233 cm³/mol. The third kappa shape index (κ3) is 42.7. The summed E-state index contributed by atoms with van der Waals surface area (Å²) >= 11 is 0. The minimum Gasteiger partial charge on any atom is -0.457 e. The molecule has 0 spiro atoms. The first-order valence-corrected chi connectivity index (χ1v) is 23.1. The van der Waals surface area contributed by atoms with E-state index in [1.165, 1.54) is 77.0 Å². The molecule has 2 atom stereocenters. The molecule has 55 heavy (non-hydrogen) atoms. The van der Waals surface area contributed by atoms with E-state index in [4.69, 9.17) is 24.3 Å². The topological polar surface area (TPSA) is 117 Å². The standard InChI is InChI=1S/C46H80NO7P/c1-3-5-7-9-11-13-15-17-19-21-22-23-25-27-29-31-33-35-37-39-46(48)54-45(44-53-55(49,50)52-42-40-47)43-51-41-38-36-34-32-30-28-26-24-20-18-16-14-12-10-8-6-4-2/h5,7,11,13,17,19-20,22-24,27,29,33,35,45H,3-4,6,8-10,12,14-16,18,21,25-26,28,30-32,34,36-44,47H2,1-2H3,(H,49,50)/b7-5-,13-11-,19-17-,23-22-,24-20-,29-27-,35-33-. The van der Waals surface area contributed by atoms with Crippen LogP contribution in [-0.4, -0.2) is 49.9 Å². The molecule has 0 aliphatic carbocycles. The van der Waals surface area contributed by atoms with E-state index in [-0.39, 0.29) is 32.8 Å². The van der Waals surface area contributed by atoms with Crippen molar-refractivity contribution in [3.05, 3.63) is 85.1 Å². The van der Waals surface area contributed by atoms with Gasteiger partial charge in [-0.25, -0.2) is 4.57 Å².